The zero-order valence-corrected chi connectivity index (χ0v) is 8.90. The molecule has 0 aromatic carbocycles. The fourth-order valence-electron chi connectivity index (χ4n) is 1.06. The number of rotatable bonds is 5. The summed E-state index contributed by atoms with van der Waals surface area (Å²) >= 11 is 1.51. The van der Waals surface area contributed by atoms with Crippen LogP contribution in [0.5, 0.6) is 0 Å². The van der Waals surface area contributed by atoms with E-state index in [0.717, 1.165) is 23.7 Å². The molecule has 0 aliphatic heterocycles. The predicted molar refractivity (Wildman–Crippen MR) is 54.7 cm³/mol. The van der Waals surface area contributed by atoms with Crippen molar-refractivity contribution in [2.45, 2.75) is 32.9 Å². The normalized spacial score (nSPS) is 13.2. The molecule has 0 radical (unpaired) electrons. The van der Waals surface area contributed by atoms with Gasteiger partial charge in [0.15, 0.2) is 0 Å². The largest absolute Gasteiger partial charge is 0.389 e. The number of thiazole rings is 1. The van der Waals surface area contributed by atoms with E-state index >= 15 is 0 Å². The van der Waals surface area contributed by atoms with Gasteiger partial charge >= 0.3 is 0 Å². The number of aromatic nitrogens is 1. The minimum absolute atomic E-state index is 0.0468. The summed E-state index contributed by atoms with van der Waals surface area (Å²) in [6.45, 7) is 5.28. The highest BCUT2D eigenvalue weighted by atomic mass is 32.1. The number of hydrogen-bond donors (Lipinski definition) is 2. The molecule has 1 aromatic heterocycles. The Bertz CT molecular complexity index is 250. The molecule has 1 unspecified atom stereocenters. The van der Waals surface area contributed by atoms with Gasteiger partial charge in [0.05, 0.1) is 12.3 Å². The summed E-state index contributed by atoms with van der Waals surface area (Å²) < 4.78 is 0. The van der Waals surface area contributed by atoms with Gasteiger partial charge in [0.25, 0.3) is 0 Å². The summed E-state index contributed by atoms with van der Waals surface area (Å²) in [7, 11) is 0. The average molecular weight is 200 g/mol. The predicted octanol–water partition coefficient (Wildman–Crippen LogP) is 1.70. The maximum Gasteiger partial charge on any atom is 0.118 e. The van der Waals surface area contributed by atoms with Crippen LogP contribution in [0.15, 0.2) is 5.38 Å². The van der Waals surface area contributed by atoms with Gasteiger partial charge in [0.1, 0.15) is 5.01 Å². The van der Waals surface area contributed by atoms with Gasteiger partial charge in [0, 0.05) is 11.4 Å². The van der Waals surface area contributed by atoms with Crippen molar-refractivity contribution in [3.63, 3.8) is 0 Å². The molecule has 1 aromatic rings. The van der Waals surface area contributed by atoms with Crippen LogP contribution in [-0.2, 0) is 6.61 Å². The van der Waals surface area contributed by atoms with Crippen LogP contribution in [0.3, 0.4) is 0 Å². The second kappa shape index (κ2) is 5.32. The smallest absolute Gasteiger partial charge is 0.118 e. The standard InChI is InChI=1S/C9H16N2OS/c1-3-4-10-7(2)8-6-13-9(5-12)11-8/h6-7,10,12H,3-5H2,1-2H3. The quantitative estimate of drug-likeness (QED) is 0.760. The Labute approximate surface area is 82.8 Å². The number of nitrogens with zero attached hydrogens (tertiary/aromatic N) is 1. The Kier molecular flexibility index (Phi) is 4.35. The molecule has 2 N–H and O–H groups in total. The Hall–Kier alpha value is -0.450. The van der Waals surface area contributed by atoms with Crippen LogP contribution in [0.1, 0.15) is 37.0 Å². The summed E-state index contributed by atoms with van der Waals surface area (Å²) in [6.07, 6.45) is 1.13. The SMILES string of the molecule is CCCNC(C)c1csc(CO)n1. The highest BCUT2D eigenvalue weighted by Crippen LogP contribution is 2.16. The molecule has 1 atom stereocenters. The minimum Gasteiger partial charge on any atom is -0.389 e. The summed E-state index contributed by atoms with van der Waals surface area (Å²) in [5.41, 5.74) is 1.03. The molecule has 0 bridgehead atoms. The lowest BCUT2D eigenvalue weighted by Gasteiger charge is -2.09. The number of aliphatic hydroxyl groups is 1. The van der Waals surface area contributed by atoms with Crippen LogP contribution in [0, 0.1) is 0 Å². The van der Waals surface area contributed by atoms with Crippen LogP contribution in [0.25, 0.3) is 0 Å². The highest BCUT2D eigenvalue weighted by molar-refractivity contribution is 7.09. The van der Waals surface area contributed by atoms with Gasteiger partial charge in [-0.15, -0.1) is 11.3 Å². The van der Waals surface area contributed by atoms with Crippen LogP contribution in [-0.4, -0.2) is 16.6 Å². The minimum atomic E-state index is 0.0468. The third-order valence-corrected chi connectivity index (χ3v) is 2.70. The number of aliphatic hydroxyl groups excluding tert-OH is 1. The van der Waals surface area contributed by atoms with Crippen molar-refractivity contribution < 1.29 is 5.11 Å². The van der Waals surface area contributed by atoms with E-state index in [-0.39, 0.29) is 12.6 Å². The first-order valence-corrected chi connectivity index (χ1v) is 5.44. The maximum absolute atomic E-state index is 8.84. The van der Waals surface area contributed by atoms with Crippen molar-refractivity contribution in [2.75, 3.05) is 6.54 Å². The van der Waals surface area contributed by atoms with Gasteiger partial charge in [-0.25, -0.2) is 4.98 Å². The molecule has 4 heteroatoms. The second-order valence-electron chi connectivity index (χ2n) is 3.00. The zero-order chi connectivity index (χ0) is 9.68. The summed E-state index contributed by atoms with van der Waals surface area (Å²) in [6, 6.07) is 0.288. The lowest BCUT2D eigenvalue weighted by atomic mass is 10.2. The Morgan fingerprint density at radius 3 is 3.00 bits per heavy atom. The van der Waals surface area contributed by atoms with Crippen molar-refractivity contribution in [3.05, 3.63) is 16.1 Å². The van der Waals surface area contributed by atoms with Gasteiger partial charge in [-0.2, -0.15) is 0 Å². The zero-order valence-electron chi connectivity index (χ0n) is 8.08. The average Bonchev–Trinajstić information content (AvgIpc) is 2.62. The molecule has 0 fully saturated rings. The molecule has 0 aliphatic carbocycles. The van der Waals surface area contributed by atoms with Gasteiger partial charge in [0.2, 0.25) is 0 Å². The fourth-order valence-corrected chi connectivity index (χ4v) is 1.81. The summed E-state index contributed by atoms with van der Waals surface area (Å²) in [5.74, 6) is 0. The number of hydrogen-bond acceptors (Lipinski definition) is 4. The topological polar surface area (TPSA) is 45.1 Å². The van der Waals surface area contributed by atoms with Gasteiger partial charge in [-0.3, -0.25) is 0 Å². The Balaban J connectivity index is 2.50. The fraction of sp³-hybridized carbons (Fsp3) is 0.667. The Morgan fingerprint density at radius 1 is 1.69 bits per heavy atom. The van der Waals surface area contributed by atoms with Crippen LogP contribution < -0.4 is 5.32 Å². The second-order valence-corrected chi connectivity index (χ2v) is 3.94. The van der Waals surface area contributed by atoms with Gasteiger partial charge in [-0.05, 0) is 19.9 Å². The first-order chi connectivity index (χ1) is 6.27. The molecule has 0 saturated carbocycles. The van der Waals surface area contributed by atoms with E-state index in [0.29, 0.717) is 0 Å². The molecule has 1 heterocycles. The molecule has 74 valence electrons. The van der Waals surface area contributed by atoms with Crippen molar-refractivity contribution in [1.82, 2.24) is 10.3 Å². The highest BCUT2D eigenvalue weighted by Gasteiger charge is 2.07. The van der Waals surface area contributed by atoms with Crippen molar-refractivity contribution in [2.24, 2.45) is 0 Å². The lowest BCUT2D eigenvalue weighted by molar-refractivity contribution is 0.280. The van der Waals surface area contributed by atoms with Gasteiger partial charge < -0.3 is 10.4 Å². The van der Waals surface area contributed by atoms with Crippen molar-refractivity contribution in [1.29, 1.82) is 0 Å². The molecule has 0 saturated heterocycles. The molecule has 13 heavy (non-hydrogen) atoms. The van der Waals surface area contributed by atoms with E-state index in [2.05, 4.69) is 24.1 Å². The molecule has 3 nitrogen and oxygen atoms in total. The lowest BCUT2D eigenvalue weighted by Crippen LogP contribution is -2.19. The van der Waals surface area contributed by atoms with Crippen LogP contribution in [0.4, 0.5) is 0 Å². The third kappa shape index (κ3) is 3.06. The molecular weight excluding hydrogens is 184 g/mol. The summed E-state index contributed by atoms with van der Waals surface area (Å²) in [4.78, 5) is 4.29. The van der Waals surface area contributed by atoms with E-state index in [1.807, 2.05) is 5.38 Å². The van der Waals surface area contributed by atoms with E-state index < -0.39 is 0 Å². The van der Waals surface area contributed by atoms with Crippen molar-refractivity contribution >= 4 is 11.3 Å². The first kappa shape index (κ1) is 10.6. The molecule has 1 rings (SSSR count). The van der Waals surface area contributed by atoms with E-state index in [1.54, 1.807) is 0 Å². The molecule has 0 aliphatic rings. The number of nitrogens with one attached hydrogen (secondary N) is 1. The molecule has 0 amide bonds. The van der Waals surface area contributed by atoms with E-state index in [4.69, 9.17) is 5.11 Å². The summed E-state index contributed by atoms with van der Waals surface area (Å²) in [5, 5.41) is 15.0. The molecular formula is C9H16N2OS. The third-order valence-electron chi connectivity index (χ3n) is 1.85. The maximum atomic E-state index is 8.84. The Morgan fingerprint density at radius 2 is 2.46 bits per heavy atom. The van der Waals surface area contributed by atoms with Crippen molar-refractivity contribution in [3.8, 4) is 0 Å². The first-order valence-electron chi connectivity index (χ1n) is 4.56. The van der Waals surface area contributed by atoms with E-state index in [9.17, 15) is 0 Å². The van der Waals surface area contributed by atoms with Crippen LogP contribution in [0.2, 0.25) is 0 Å². The molecule has 0 spiro atoms. The van der Waals surface area contributed by atoms with E-state index in [1.165, 1.54) is 11.3 Å². The van der Waals surface area contributed by atoms with Crippen LogP contribution >= 0.6 is 11.3 Å². The van der Waals surface area contributed by atoms with Gasteiger partial charge in [-0.1, -0.05) is 6.92 Å². The monoisotopic (exact) mass is 200 g/mol.